The van der Waals surface area contributed by atoms with Gasteiger partial charge in [0.15, 0.2) is 0 Å². The van der Waals surface area contributed by atoms with E-state index in [1.165, 1.54) is 5.56 Å². The number of amides is 1. The third-order valence-electron chi connectivity index (χ3n) is 2.76. The average molecular weight is 336 g/mol. The molecule has 6 heteroatoms. The number of rotatable bonds is 9. The lowest BCUT2D eigenvalue weighted by atomic mass is 10.2. The van der Waals surface area contributed by atoms with E-state index < -0.39 is 0 Å². The minimum atomic E-state index is 0. The molecule has 0 atom stereocenters. The molecule has 0 heterocycles. The monoisotopic (exact) mass is 335 g/mol. The highest BCUT2D eigenvalue weighted by Gasteiger charge is 2.06. The van der Waals surface area contributed by atoms with Gasteiger partial charge in [-0.1, -0.05) is 37.3 Å². The first-order chi connectivity index (χ1) is 9.22. The predicted molar refractivity (Wildman–Crippen MR) is 93.4 cm³/mol. The van der Waals surface area contributed by atoms with E-state index in [-0.39, 0.29) is 30.7 Å². The van der Waals surface area contributed by atoms with Gasteiger partial charge in [0.2, 0.25) is 5.91 Å². The van der Waals surface area contributed by atoms with Gasteiger partial charge in [-0.25, -0.2) is 0 Å². The zero-order valence-corrected chi connectivity index (χ0v) is 14.4. The van der Waals surface area contributed by atoms with E-state index in [9.17, 15) is 4.79 Å². The van der Waals surface area contributed by atoms with Crippen molar-refractivity contribution < 1.29 is 4.79 Å². The van der Waals surface area contributed by atoms with Gasteiger partial charge in [0.25, 0.3) is 0 Å². The van der Waals surface area contributed by atoms with Crippen molar-refractivity contribution in [1.82, 2.24) is 15.5 Å². The lowest BCUT2D eigenvalue weighted by molar-refractivity contribution is -0.122. The first-order valence-electron chi connectivity index (χ1n) is 6.92. The van der Waals surface area contributed by atoms with Crippen molar-refractivity contribution in [3.05, 3.63) is 35.9 Å². The first kappa shape index (κ1) is 22.5. The molecule has 4 nitrogen and oxygen atoms in total. The Bertz CT molecular complexity index is 363. The molecule has 0 saturated carbocycles. The van der Waals surface area contributed by atoms with Crippen LogP contribution in [0.1, 0.15) is 18.9 Å². The summed E-state index contributed by atoms with van der Waals surface area (Å²) < 4.78 is 0. The number of halogens is 2. The van der Waals surface area contributed by atoms with Crippen LogP contribution in [0.25, 0.3) is 0 Å². The highest BCUT2D eigenvalue weighted by Crippen LogP contribution is 2.01. The molecule has 1 aromatic carbocycles. The number of nitrogens with one attached hydrogen (secondary N) is 2. The van der Waals surface area contributed by atoms with E-state index in [2.05, 4.69) is 29.7 Å². The van der Waals surface area contributed by atoms with Crippen LogP contribution in [0, 0.1) is 0 Å². The highest BCUT2D eigenvalue weighted by atomic mass is 35.5. The predicted octanol–water partition coefficient (Wildman–Crippen LogP) is 2.08. The fourth-order valence-electron chi connectivity index (χ4n) is 1.84. The van der Waals surface area contributed by atoms with Crippen LogP contribution in [0.4, 0.5) is 0 Å². The lowest BCUT2D eigenvalue weighted by Crippen LogP contribution is -2.38. The SMILES string of the molecule is CCCNCCNC(=O)CN(C)Cc1ccccc1.Cl.Cl. The van der Waals surface area contributed by atoms with Gasteiger partial charge in [-0.05, 0) is 25.6 Å². The summed E-state index contributed by atoms with van der Waals surface area (Å²) in [6, 6.07) is 10.2. The van der Waals surface area contributed by atoms with Gasteiger partial charge in [0.1, 0.15) is 0 Å². The number of likely N-dealkylation sites (N-methyl/N-ethyl adjacent to an activating group) is 1. The van der Waals surface area contributed by atoms with Crippen molar-refractivity contribution in [3.63, 3.8) is 0 Å². The molecule has 1 rings (SSSR count). The summed E-state index contributed by atoms with van der Waals surface area (Å²) in [6.45, 7) is 5.89. The number of nitrogens with zero attached hydrogens (tertiary/aromatic N) is 1. The molecule has 0 aliphatic carbocycles. The largest absolute Gasteiger partial charge is 0.354 e. The minimum absolute atomic E-state index is 0. The summed E-state index contributed by atoms with van der Waals surface area (Å²) in [7, 11) is 1.96. The first-order valence-corrected chi connectivity index (χ1v) is 6.92. The Hall–Kier alpha value is -0.810. The molecule has 1 amide bonds. The van der Waals surface area contributed by atoms with Crippen LogP contribution in [0.2, 0.25) is 0 Å². The molecule has 0 unspecified atom stereocenters. The molecule has 2 N–H and O–H groups in total. The fraction of sp³-hybridized carbons (Fsp3) is 0.533. The molecule has 0 aromatic heterocycles. The maximum atomic E-state index is 11.7. The smallest absolute Gasteiger partial charge is 0.234 e. The second-order valence-electron chi connectivity index (χ2n) is 4.76. The second-order valence-corrected chi connectivity index (χ2v) is 4.76. The van der Waals surface area contributed by atoms with Crippen molar-refractivity contribution in [1.29, 1.82) is 0 Å². The van der Waals surface area contributed by atoms with E-state index >= 15 is 0 Å². The molecule has 0 aliphatic heterocycles. The van der Waals surface area contributed by atoms with E-state index in [4.69, 9.17) is 0 Å². The van der Waals surface area contributed by atoms with Gasteiger partial charge in [-0.2, -0.15) is 0 Å². The third kappa shape index (κ3) is 11.5. The maximum absolute atomic E-state index is 11.7. The number of hydrogen-bond donors (Lipinski definition) is 2. The molecular weight excluding hydrogens is 309 g/mol. The molecule has 122 valence electrons. The van der Waals surface area contributed by atoms with Crippen molar-refractivity contribution in [2.45, 2.75) is 19.9 Å². The molecule has 21 heavy (non-hydrogen) atoms. The topological polar surface area (TPSA) is 44.4 Å². The van der Waals surface area contributed by atoms with E-state index in [0.717, 1.165) is 26.1 Å². The number of benzene rings is 1. The molecule has 0 bridgehead atoms. The number of carbonyl (C=O) groups excluding carboxylic acids is 1. The molecule has 0 fully saturated rings. The Morgan fingerprint density at radius 1 is 1.10 bits per heavy atom. The highest BCUT2D eigenvalue weighted by molar-refractivity contribution is 5.85. The minimum Gasteiger partial charge on any atom is -0.354 e. The van der Waals surface area contributed by atoms with Crippen molar-refractivity contribution in [2.75, 3.05) is 33.2 Å². The van der Waals surface area contributed by atoms with Gasteiger partial charge in [0.05, 0.1) is 6.54 Å². The Balaban J connectivity index is 0. The lowest BCUT2D eigenvalue weighted by Gasteiger charge is -2.16. The summed E-state index contributed by atoms with van der Waals surface area (Å²) >= 11 is 0. The molecule has 0 aliphatic rings. The number of hydrogen-bond acceptors (Lipinski definition) is 3. The summed E-state index contributed by atoms with van der Waals surface area (Å²) in [4.78, 5) is 13.7. The van der Waals surface area contributed by atoms with Crippen LogP contribution >= 0.6 is 24.8 Å². The standard InChI is InChI=1S/C15H25N3O.2ClH/c1-3-9-16-10-11-17-15(19)13-18(2)12-14-7-5-4-6-8-14;;/h4-8,16H,3,9-13H2,1-2H3,(H,17,19);2*1H. The van der Waals surface area contributed by atoms with Crippen LogP contribution in [0.15, 0.2) is 30.3 Å². The Morgan fingerprint density at radius 3 is 2.38 bits per heavy atom. The van der Waals surface area contributed by atoms with Gasteiger partial charge < -0.3 is 10.6 Å². The quantitative estimate of drug-likeness (QED) is 0.679. The van der Waals surface area contributed by atoms with E-state index in [0.29, 0.717) is 13.1 Å². The van der Waals surface area contributed by atoms with Gasteiger partial charge in [-0.15, -0.1) is 24.8 Å². The molecule has 1 aromatic rings. The Kier molecular flexibility index (Phi) is 15.1. The normalized spacial score (nSPS) is 9.67. The fourth-order valence-corrected chi connectivity index (χ4v) is 1.84. The molecule has 0 radical (unpaired) electrons. The summed E-state index contributed by atoms with van der Waals surface area (Å²) in [5.41, 5.74) is 1.22. The van der Waals surface area contributed by atoms with E-state index in [1.54, 1.807) is 0 Å². The van der Waals surface area contributed by atoms with Crippen LogP contribution in [0.3, 0.4) is 0 Å². The number of carbonyl (C=O) groups is 1. The zero-order valence-electron chi connectivity index (χ0n) is 12.8. The van der Waals surface area contributed by atoms with Crippen LogP contribution in [-0.2, 0) is 11.3 Å². The molecule has 0 spiro atoms. The molecule has 0 saturated heterocycles. The van der Waals surface area contributed by atoms with Crippen LogP contribution in [0.5, 0.6) is 0 Å². The average Bonchev–Trinajstić information content (AvgIpc) is 2.39. The van der Waals surface area contributed by atoms with Gasteiger partial charge in [-0.3, -0.25) is 9.69 Å². The molecular formula is C15H27Cl2N3O. The van der Waals surface area contributed by atoms with Gasteiger partial charge >= 0.3 is 0 Å². The maximum Gasteiger partial charge on any atom is 0.234 e. The third-order valence-corrected chi connectivity index (χ3v) is 2.76. The van der Waals surface area contributed by atoms with Crippen LogP contribution < -0.4 is 10.6 Å². The zero-order chi connectivity index (χ0) is 13.9. The summed E-state index contributed by atoms with van der Waals surface area (Å²) in [5.74, 6) is 0.0803. The van der Waals surface area contributed by atoms with Crippen LogP contribution in [-0.4, -0.2) is 44.0 Å². The second kappa shape index (κ2) is 14.1. The van der Waals surface area contributed by atoms with Gasteiger partial charge in [0, 0.05) is 19.6 Å². The Labute approximate surface area is 140 Å². The van der Waals surface area contributed by atoms with Crippen molar-refractivity contribution >= 4 is 30.7 Å². The summed E-state index contributed by atoms with van der Waals surface area (Å²) in [6.07, 6.45) is 1.12. The van der Waals surface area contributed by atoms with Crippen molar-refractivity contribution in [3.8, 4) is 0 Å². The van der Waals surface area contributed by atoms with Crippen molar-refractivity contribution in [2.24, 2.45) is 0 Å². The van der Waals surface area contributed by atoms with E-state index in [1.807, 2.05) is 30.1 Å². The summed E-state index contributed by atoms with van der Waals surface area (Å²) in [5, 5.41) is 6.17. The Morgan fingerprint density at radius 2 is 1.76 bits per heavy atom.